The van der Waals surface area contributed by atoms with E-state index in [1.807, 2.05) is 7.05 Å². The lowest BCUT2D eigenvalue weighted by molar-refractivity contribution is 0.223. The Morgan fingerprint density at radius 2 is 1.95 bits per heavy atom. The third-order valence-electron chi connectivity index (χ3n) is 3.55. The number of aliphatic hydroxyl groups excluding tert-OH is 1. The highest BCUT2D eigenvalue weighted by Gasteiger charge is 2.11. The van der Waals surface area contributed by atoms with Crippen LogP contribution in [0.25, 0.3) is 0 Å². The molecular formula is C16H27NO2. The zero-order valence-electron chi connectivity index (χ0n) is 12.9. The highest BCUT2D eigenvalue weighted by Crippen LogP contribution is 2.29. The standard InChI is InChI=1S/C16H27NO2/c1-12(2)15-11-14(6-7-17(4)8-9-18)13(3)10-16(15)19-5/h10-12,18H,6-9H2,1-5H3. The van der Waals surface area contributed by atoms with Crippen molar-refractivity contribution in [3.63, 3.8) is 0 Å². The Bertz CT molecular complexity index is 402. The highest BCUT2D eigenvalue weighted by molar-refractivity contribution is 5.44. The van der Waals surface area contributed by atoms with E-state index >= 15 is 0 Å². The third-order valence-corrected chi connectivity index (χ3v) is 3.55. The minimum atomic E-state index is 0.218. The zero-order valence-corrected chi connectivity index (χ0v) is 12.9. The van der Waals surface area contributed by atoms with E-state index in [2.05, 4.69) is 37.8 Å². The number of rotatable bonds is 7. The second-order valence-electron chi connectivity index (χ2n) is 5.45. The van der Waals surface area contributed by atoms with E-state index in [0.717, 1.165) is 25.3 Å². The quantitative estimate of drug-likeness (QED) is 0.822. The molecule has 0 radical (unpaired) electrons. The summed E-state index contributed by atoms with van der Waals surface area (Å²) in [6, 6.07) is 4.41. The van der Waals surface area contributed by atoms with Gasteiger partial charge >= 0.3 is 0 Å². The van der Waals surface area contributed by atoms with Crippen molar-refractivity contribution in [3.05, 3.63) is 28.8 Å². The van der Waals surface area contributed by atoms with Gasteiger partial charge in [-0.3, -0.25) is 0 Å². The van der Waals surface area contributed by atoms with Crippen LogP contribution >= 0.6 is 0 Å². The van der Waals surface area contributed by atoms with Crippen LogP contribution < -0.4 is 4.74 Å². The van der Waals surface area contributed by atoms with Crippen LogP contribution in [0.4, 0.5) is 0 Å². The van der Waals surface area contributed by atoms with E-state index in [9.17, 15) is 0 Å². The van der Waals surface area contributed by atoms with Gasteiger partial charge in [-0.2, -0.15) is 0 Å². The van der Waals surface area contributed by atoms with Crippen molar-refractivity contribution in [3.8, 4) is 5.75 Å². The number of likely N-dealkylation sites (N-methyl/N-ethyl adjacent to an activating group) is 1. The van der Waals surface area contributed by atoms with E-state index in [1.165, 1.54) is 16.7 Å². The maximum Gasteiger partial charge on any atom is 0.122 e. The van der Waals surface area contributed by atoms with Gasteiger partial charge in [-0.15, -0.1) is 0 Å². The number of methoxy groups -OCH3 is 1. The van der Waals surface area contributed by atoms with Crippen LogP contribution in [0.3, 0.4) is 0 Å². The smallest absolute Gasteiger partial charge is 0.122 e. The van der Waals surface area contributed by atoms with Crippen LogP contribution in [0.1, 0.15) is 36.5 Å². The maximum atomic E-state index is 8.92. The molecule has 0 spiro atoms. The lowest BCUT2D eigenvalue weighted by Gasteiger charge is -2.19. The van der Waals surface area contributed by atoms with Crippen LogP contribution in [-0.4, -0.2) is 43.9 Å². The first-order valence-corrected chi connectivity index (χ1v) is 6.96. The summed E-state index contributed by atoms with van der Waals surface area (Å²) in [6.45, 7) is 8.42. The molecule has 0 aliphatic rings. The second-order valence-corrected chi connectivity index (χ2v) is 5.45. The fourth-order valence-corrected chi connectivity index (χ4v) is 2.24. The average molecular weight is 265 g/mol. The van der Waals surface area contributed by atoms with Crippen LogP contribution in [0.2, 0.25) is 0 Å². The number of aliphatic hydroxyl groups is 1. The van der Waals surface area contributed by atoms with Crippen molar-refractivity contribution < 1.29 is 9.84 Å². The number of benzene rings is 1. The number of hydrogen-bond acceptors (Lipinski definition) is 3. The van der Waals surface area contributed by atoms with Crippen molar-refractivity contribution in [2.24, 2.45) is 0 Å². The molecule has 1 N–H and O–H groups in total. The van der Waals surface area contributed by atoms with Gasteiger partial charge in [0.15, 0.2) is 0 Å². The van der Waals surface area contributed by atoms with Gasteiger partial charge in [0, 0.05) is 13.1 Å². The molecule has 3 nitrogen and oxygen atoms in total. The SMILES string of the molecule is COc1cc(C)c(CCN(C)CCO)cc1C(C)C. The monoisotopic (exact) mass is 265 g/mol. The van der Waals surface area contributed by atoms with E-state index in [-0.39, 0.29) is 6.61 Å². The lowest BCUT2D eigenvalue weighted by atomic mass is 9.95. The summed E-state index contributed by atoms with van der Waals surface area (Å²) in [5.74, 6) is 1.45. The van der Waals surface area contributed by atoms with Gasteiger partial charge in [0.1, 0.15) is 5.75 Å². The van der Waals surface area contributed by atoms with Gasteiger partial charge in [0.05, 0.1) is 13.7 Å². The Balaban J connectivity index is 2.86. The Kier molecular flexibility index (Phi) is 6.32. The van der Waals surface area contributed by atoms with Crippen molar-refractivity contribution in [2.75, 3.05) is 33.9 Å². The molecule has 0 heterocycles. The predicted molar refractivity (Wildman–Crippen MR) is 80.1 cm³/mol. The van der Waals surface area contributed by atoms with Crippen LogP contribution in [-0.2, 0) is 6.42 Å². The number of hydrogen-bond donors (Lipinski definition) is 1. The Hall–Kier alpha value is -1.06. The summed E-state index contributed by atoms with van der Waals surface area (Å²) >= 11 is 0. The molecule has 0 saturated carbocycles. The van der Waals surface area contributed by atoms with Gasteiger partial charge < -0.3 is 14.7 Å². The molecule has 1 aromatic carbocycles. The van der Waals surface area contributed by atoms with E-state index in [0.29, 0.717) is 5.92 Å². The number of nitrogens with zero attached hydrogens (tertiary/aromatic N) is 1. The van der Waals surface area contributed by atoms with Gasteiger partial charge in [-0.25, -0.2) is 0 Å². The topological polar surface area (TPSA) is 32.7 Å². The third kappa shape index (κ3) is 4.51. The maximum absolute atomic E-state index is 8.92. The molecule has 0 fully saturated rings. The first kappa shape index (κ1) is 16.0. The average Bonchev–Trinajstić information content (AvgIpc) is 2.36. The summed E-state index contributed by atoms with van der Waals surface area (Å²) in [5, 5.41) is 8.92. The second kappa shape index (κ2) is 7.51. The van der Waals surface area contributed by atoms with Crippen molar-refractivity contribution in [1.82, 2.24) is 4.90 Å². The van der Waals surface area contributed by atoms with Gasteiger partial charge in [-0.1, -0.05) is 19.9 Å². The van der Waals surface area contributed by atoms with E-state index in [1.54, 1.807) is 7.11 Å². The lowest BCUT2D eigenvalue weighted by Crippen LogP contribution is -2.24. The number of aryl methyl sites for hydroxylation is 1. The molecule has 0 amide bonds. The summed E-state index contributed by atoms with van der Waals surface area (Å²) in [4.78, 5) is 2.15. The summed E-state index contributed by atoms with van der Waals surface area (Å²) in [6.07, 6.45) is 1.01. The largest absolute Gasteiger partial charge is 0.496 e. The Morgan fingerprint density at radius 3 is 2.47 bits per heavy atom. The molecular weight excluding hydrogens is 238 g/mol. The molecule has 0 aromatic heterocycles. The first-order chi connectivity index (χ1) is 8.99. The Morgan fingerprint density at radius 1 is 1.26 bits per heavy atom. The highest BCUT2D eigenvalue weighted by atomic mass is 16.5. The van der Waals surface area contributed by atoms with E-state index in [4.69, 9.17) is 9.84 Å². The molecule has 0 bridgehead atoms. The molecule has 3 heteroatoms. The molecule has 0 aliphatic carbocycles. The normalized spacial score (nSPS) is 11.4. The summed E-state index contributed by atoms with van der Waals surface area (Å²) < 4.78 is 5.46. The number of ether oxygens (including phenoxy) is 1. The minimum Gasteiger partial charge on any atom is -0.496 e. The van der Waals surface area contributed by atoms with Crippen molar-refractivity contribution in [1.29, 1.82) is 0 Å². The van der Waals surface area contributed by atoms with Crippen LogP contribution in [0.5, 0.6) is 5.75 Å². The molecule has 1 rings (SSSR count). The summed E-state index contributed by atoms with van der Waals surface area (Å²) in [5.41, 5.74) is 3.92. The molecule has 0 saturated heterocycles. The fraction of sp³-hybridized carbons (Fsp3) is 0.625. The molecule has 1 aromatic rings. The minimum absolute atomic E-state index is 0.218. The first-order valence-electron chi connectivity index (χ1n) is 6.96. The van der Waals surface area contributed by atoms with Gasteiger partial charge in [-0.05, 0) is 49.1 Å². The fourth-order valence-electron chi connectivity index (χ4n) is 2.24. The molecule has 0 atom stereocenters. The molecule has 108 valence electrons. The summed E-state index contributed by atoms with van der Waals surface area (Å²) in [7, 11) is 3.77. The van der Waals surface area contributed by atoms with Gasteiger partial charge in [0.2, 0.25) is 0 Å². The van der Waals surface area contributed by atoms with Crippen LogP contribution in [0.15, 0.2) is 12.1 Å². The molecule has 19 heavy (non-hydrogen) atoms. The van der Waals surface area contributed by atoms with Gasteiger partial charge in [0.25, 0.3) is 0 Å². The zero-order chi connectivity index (χ0) is 14.4. The van der Waals surface area contributed by atoms with Crippen LogP contribution in [0, 0.1) is 6.92 Å². The molecule has 0 unspecified atom stereocenters. The Labute approximate surface area is 117 Å². The molecule has 0 aliphatic heterocycles. The van der Waals surface area contributed by atoms with E-state index < -0.39 is 0 Å². The van der Waals surface area contributed by atoms with Crippen molar-refractivity contribution in [2.45, 2.75) is 33.1 Å². The van der Waals surface area contributed by atoms with Crippen molar-refractivity contribution >= 4 is 0 Å². The predicted octanol–water partition coefficient (Wildman–Crippen LogP) is 2.59.